The molecule has 0 aliphatic heterocycles. The Morgan fingerprint density at radius 2 is 1.95 bits per heavy atom. The molecule has 0 aliphatic rings. The Kier molecular flexibility index (Phi) is 4.38. The van der Waals surface area contributed by atoms with Crippen LogP contribution >= 0.6 is 0 Å². The molecule has 2 rings (SSSR count). The molecule has 0 aliphatic carbocycles. The lowest BCUT2D eigenvalue weighted by atomic mass is 9.84. The van der Waals surface area contributed by atoms with Crippen LogP contribution in [-0.2, 0) is 18.5 Å². The van der Waals surface area contributed by atoms with Crippen molar-refractivity contribution in [2.75, 3.05) is 6.54 Å². The van der Waals surface area contributed by atoms with E-state index in [2.05, 4.69) is 67.7 Å². The average molecular weight is 257 g/mol. The van der Waals surface area contributed by atoms with Gasteiger partial charge in [-0.25, -0.2) is 0 Å². The van der Waals surface area contributed by atoms with Gasteiger partial charge in [0.15, 0.2) is 0 Å². The van der Waals surface area contributed by atoms with Crippen LogP contribution in [0.4, 0.5) is 0 Å². The van der Waals surface area contributed by atoms with Crippen molar-refractivity contribution >= 4 is 0 Å². The molecule has 0 unspecified atom stereocenters. The summed E-state index contributed by atoms with van der Waals surface area (Å²) in [5.74, 6) is 0. The van der Waals surface area contributed by atoms with Crippen molar-refractivity contribution < 1.29 is 0 Å². The zero-order chi connectivity index (χ0) is 13.7. The molecule has 19 heavy (non-hydrogen) atoms. The van der Waals surface area contributed by atoms with Crippen LogP contribution in [-0.4, -0.2) is 16.3 Å². The third-order valence-corrected chi connectivity index (χ3v) is 3.46. The minimum absolute atomic E-state index is 0.141. The highest BCUT2D eigenvalue weighted by atomic mass is 15.3. The van der Waals surface area contributed by atoms with Gasteiger partial charge in [0.1, 0.15) is 0 Å². The van der Waals surface area contributed by atoms with Gasteiger partial charge in [-0.2, -0.15) is 5.10 Å². The number of benzene rings is 1. The number of rotatable bonds is 6. The molecule has 0 atom stereocenters. The molecule has 1 aromatic carbocycles. The van der Waals surface area contributed by atoms with E-state index >= 15 is 0 Å². The van der Waals surface area contributed by atoms with Gasteiger partial charge in [0.2, 0.25) is 0 Å². The highest BCUT2D eigenvalue weighted by Crippen LogP contribution is 2.21. The van der Waals surface area contributed by atoms with Crippen molar-refractivity contribution in [1.29, 1.82) is 0 Å². The number of aromatic nitrogens is 2. The van der Waals surface area contributed by atoms with Crippen molar-refractivity contribution in [3.63, 3.8) is 0 Å². The van der Waals surface area contributed by atoms with Crippen LogP contribution in [0.5, 0.6) is 0 Å². The molecule has 3 heteroatoms. The van der Waals surface area contributed by atoms with Crippen molar-refractivity contribution in [3.05, 3.63) is 53.9 Å². The maximum atomic E-state index is 4.28. The van der Waals surface area contributed by atoms with Crippen molar-refractivity contribution in [1.82, 2.24) is 15.1 Å². The molecule has 1 heterocycles. The SMILES string of the molecule is CCn1cc(CNCC(C)(C)c2ccccc2)cn1. The summed E-state index contributed by atoms with van der Waals surface area (Å²) in [6, 6.07) is 10.6. The zero-order valence-corrected chi connectivity index (χ0v) is 12.1. The van der Waals surface area contributed by atoms with Crippen LogP contribution in [0.15, 0.2) is 42.7 Å². The van der Waals surface area contributed by atoms with Crippen molar-refractivity contribution in [3.8, 4) is 0 Å². The summed E-state index contributed by atoms with van der Waals surface area (Å²) in [5, 5.41) is 7.81. The van der Waals surface area contributed by atoms with Gasteiger partial charge in [-0.15, -0.1) is 0 Å². The molecule has 0 bridgehead atoms. The first-order chi connectivity index (χ1) is 9.12. The van der Waals surface area contributed by atoms with Gasteiger partial charge in [0.25, 0.3) is 0 Å². The molecule has 0 fully saturated rings. The van der Waals surface area contributed by atoms with E-state index in [-0.39, 0.29) is 5.41 Å². The van der Waals surface area contributed by atoms with Gasteiger partial charge in [-0.1, -0.05) is 44.2 Å². The van der Waals surface area contributed by atoms with Crippen molar-refractivity contribution in [2.45, 2.75) is 39.3 Å². The summed E-state index contributed by atoms with van der Waals surface area (Å²) in [6.45, 7) is 9.39. The van der Waals surface area contributed by atoms with E-state index in [4.69, 9.17) is 0 Å². The standard InChI is InChI=1S/C16H23N3/c1-4-19-12-14(11-18-19)10-17-13-16(2,3)15-8-6-5-7-9-15/h5-9,11-12,17H,4,10,13H2,1-3H3. The summed E-state index contributed by atoms with van der Waals surface area (Å²) in [7, 11) is 0. The minimum atomic E-state index is 0.141. The Bertz CT molecular complexity index is 500. The van der Waals surface area contributed by atoms with Crippen LogP contribution in [0.25, 0.3) is 0 Å². The second kappa shape index (κ2) is 6.02. The maximum absolute atomic E-state index is 4.28. The Hall–Kier alpha value is -1.61. The van der Waals surface area contributed by atoms with E-state index in [1.54, 1.807) is 0 Å². The Labute approximate surface area is 115 Å². The molecule has 0 saturated heterocycles. The van der Waals surface area contributed by atoms with Gasteiger partial charge in [0.05, 0.1) is 6.20 Å². The maximum Gasteiger partial charge on any atom is 0.0534 e. The number of nitrogens with one attached hydrogen (secondary N) is 1. The lowest BCUT2D eigenvalue weighted by Crippen LogP contribution is -2.32. The van der Waals surface area contributed by atoms with Crippen LogP contribution in [0.2, 0.25) is 0 Å². The van der Waals surface area contributed by atoms with E-state index in [1.807, 2.05) is 10.9 Å². The van der Waals surface area contributed by atoms with Gasteiger partial charge in [0, 0.05) is 36.8 Å². The van der Waals surface area contributed by atoms with E-state index in [0.717, 1.165) is 19.6 Å². The molecular formula is C16H23N3. The summed E-state index contributed by atoms with van der Waals surface area (Å²) >= 11 is 0. The van der Waals surface area contributed by atoms with Gasteiger partial charge >= 0.3 is 0 Å². The second-order valence-electron chi connectivity index (χ2n) is 5.56. The third kappa shape index (κ3) is 3.67. The predicted octanol–water partition coefficient (Wildman–Crippen LogP) is 2.97. The van der Waals surface area contributed by atoms with E-state index in [9.17, 15) is 0 Å². The number of hydrogen-bond acceptors (Lipinski definition) is 2. The van der Waals surface area contributed by atoms with Gasteiger partial charge < -0.3 is 5.32 Å². The fourth-order valence-corrected chi connectivity index (χ4v) is 2.18. The van der Waals surface area contributed by atoms with E-state index in [0.29, 0.717) is 0 Å². The molecule has 2 aromatic rings. The molecule has 102 valence electrons. The number of aryl methyl sites for hydroxylation is 1. The van der Waals surface area contributed by atoms with Crippen LogP contribution in [0.3, 0.4) is 0 Å². The highest BCUT2D eigenvalue weighted by molar-refractivity contribution is 5.23. The fourth-order valence-electron chi connectivity index (χ4n) is 2.18. The topological polar surface area (TPSA) is 29.9 Å². The lowest BCUT2D eigenvalue weighted by molar-refractivity contribution is 0.469. The van der Waals surface area contributed by atoms with E-state index < -0.39 is 0 Å². The Morgan fingerprint density at radius 1 is 1.21 bits per heavy atom. The van der Waals surface area contributed by atoms with Crippen LogP contribution in [0.1, 0.15) is 31.9 Å². The fraction of sp³-hybridized carbons (Fsp3) is 0.438. The Balaban J connectivity index is 1.88. The van der Waals surface area contributed by atoms with Gasteiger partial charge in [-0.05, 0) is 12.5 Å². The summed E-state index contributed by atoms with van der Waals surface area (Å²) < 4.78 is 1.96. The average Bonchev–Trinajstić information content (AvgIpc) is 2.87. The summed E-state index contributed by atoms with van der Waals surface area (Å²) in [4.78, 5) is 0. The number of nitrogens with zero attached hydrogens (tertiary/aromatic N) is 2. The first kappa shape index (κ1) is 13.8. The third-order valence-electron chi connectivity index (χ3n) is 3.46. The molecular weight excluding hydrogens is 234 g/mol. The lowest BCUT2D eigenvalue weighted by Gasteiger charge is -2.25. The summed E-state index contributed by atoms with van der Waals surface area (Å²) in [5.41, 5.74) is 2.75. The molecule has 1 aromatic heterocycles. The summed E-state index contributed by atoms with van der Waals surface area (Å²) in [6.07, 6.45) is 4.04. The van der Waals surface area contributed by atoms with Crippen molar-refractivity contribution in [2.24, 2.45) is 0 Å². The molecule has 0 radical (unpaired) electrons. The molecule has 3 nitrogen and oxygen atoms in total. The molecule has 1 N–H and O–H groups in total. The molecule has 0 saturated carbocycles. The molecule has 0 amide bonds. The van der Waals surface area contributed by atoms with E-state index in [1.165, 1.54) is 11.1 Å². The normalized spacial score (nSPS) is 11.7. The first-order valence-corrected chi connectivity index (χ1v) is 6.89. The number of hydrogen-bond donors (Lipinski definition) is 1. The van der Waals surface area contributed by atoms with Crippen LogP contribution in [0, 0.1) is 0 Å². The second-order valence-corrected chi connectivity index (χ2v) is 5.56. The highest BCUT2D eigenvalue weighted by Gasteiger charge is 2.19. The smallest absolute Gasteiger partial charge is 0.0534 e. The predicted molar refractivity (Wildman–Crippen MR) is 79.1 cm³/mol. The first-order valence-electron chi connectivity index (χ1n) is 6.89. The minimum Gasteiger partial charge on any atom is -0.312 e. The largest absolute Gasteiger partial charge is 0.312 e. The molecule has 0 spiro atoms. The van der Waals surface area contributed by atoms with Crippen LogP contribution < -0.4 is 5.32 Å². The van der Waals surface area contributed by atoms with Gasteiger partial charge in [-0.3, -0.25) is 4.68 Å². The zero-order valence-electron chi connectivity index (χ0n) is 12.1. The monoisotopic (exact) mass is 257 g/mol. The Morgan fingerprint density at radius 3 is 2.58 bits per heavy atom. The quantitative estimate of drug-likeness (QED) is 0.862.